The van der Waals surface area contributed by atoms with Crippen LogP contribution in [-0.4, -0.2) is 50.7 Å². The lowest BCUT2D eigenvalue weighted by Gasteiger charge is -2.36. The molecular weight excluding hydrogens is 362 g/mol. The number of piperazine rings is 1. The lowest BCUT2D eigenvalue weighted by atomic mass is 10.2. The van der Waals surface area contributed by atoms with Crippen LogP contribution in [0.2, 0.25) is 0 Å². The molecule has 0 aliphatic carbocycles. The van der Waals surface area contributed by atoms with Gasteiger partial charge >= 0.3 is 0 Å². The second-order valence-electron chi connectivity index (χ2n) is 7.88. The summed E-state index contributed by atoms with van der Waals surface area (Å²) in [6.45, 7) is 11.9. The fourth-order valence-electron chi connectivity index (χ4n) is 4.22. The van der Waals surface area contributed by atoms with E-state index in [1.807, 2.05) is 31.4 Å². The molecule has 4 aromatic heterocycles. The van der Waals surface area contributed by atoms with Gasteiger partial charge in [-0.1, -0.05) is 6.07 Å². The smallest absolute Gasteiger partial charge is 0.184 e. The first-order valence-corrected chi connectivity index (χ1v) is 10.1. The molecule has 1 fully saturated rings. The summed E-state index contributed by atoms with van der Waals surface area (Å²) in [6, 6.07) is 10.4. The summed E-state index contributed by atoms with van der Waals surface area (Å²) in [4.78, 5) is 18.9. The van der Waals surface area contributed by atoms with Crippen molar-refractivity contribution in [2.24, 2.45) is 0 Å². The summed E-state index contributed by atoms with van der Waals surface area (Å²) in [7, 11) is 0. The number of fused-ring (bicyclic) bond motifs is 3. The minimum absolute atomic E-state index is 0.768. The van der Waals surface area contributed by atoms with Crippen molar-refractivity contribution in [1.82, 2.24) is 24.6 Å². The van der Waals surface area contributed by atoms with Crippen LogP contribution >= 0.6 is 0 Å². The second-order valence-corrected chi connectivity index (χ2v) is 7.88. The molecule has 5 rings (SSSR count). The largest absolute Gasteiger partial charge is 0.353 e. The SMILES string of the molecule is Cc1cccc(N2CCN(c3cc(C)nc4c5c(C)cc(C)nc5nn34)CC2)n1. The van der Waals surface area contributed by atoms with Crippen molar-refractivity contribution in [1.29, 1.82) is 0 Å². The Hall–Kier alpha value is -3.22. The highest BCUT2D eigenvalue weighted by atomic mass is 15.4. The summed E-state index contributed by atoms with van der Waals surface area (Å²) in [6.07, 6.45) is 0. The van der Waals surface area contributed by atoms with E-state index >= 15 is 0 Å². The number of pyridine rings is 2. The first-order valence-electron chi connectivity index (χ1n) is 10.1. The number of hydrogen-bond acceptors (Lipinski definition) is 6. The minimum atomic E-state index is 0.768. The molecule has 29 heavy (non-hydrogen) atoms. The van der Waals surface area contributed by atoms with Gasteiger partial charge in [0.25, 0.3) is 0 Å². The van der Waals surface area contributed by atoms with Gasteiger partial charge in [-0.25, -0.2) is 15.0 Å². The zero-order valence-corrected chi connectivity index (χ0v) is 17.3. The van der Waals surface area contributed by atoms with Crippen molar-refractivity contribution < 1.29 is 0 Å². The van der Waals surface area contributed by atoms with Gasteiger partial charge in [-0.3, -0.25) is 0 Å². The van der Waals surface area contributed by atoms with E-state index in [-0.39, 0.29) is 0 Å². The van der Waals surface area contributed by atoms with Gasteiger partial charge < -0.3 is 9.80 Å². The Labute approximate surface area is 170 Å². The van der Waals surface area contributed by atoms with E-state index in [0.29, 0.717) is 0 Å². The molecule has 0 spiro atoms. The molecule has 7 nitrogen and oxygen atoms in total. The van der Waals surface area contributed by atoms with Gasteiger partial charge in [-0.05, 0) is 51.5 Å². The zero-order chi connectivity index (χ0) is 20.1. The van der Waals surface area contributed by atoms with Gasteiger partial charge in [0.05, 0.1) is 5.39 Å². The van der Waals surface area contributed by atoms with Crippen LogP contribution in [-0.2, 0) is 0 Å². The van der Waals surface area contributed by atoms with Crippen LogP contribution in [0.5, 0.6) is 0 Å². The maximum atomic E-state index is 4.82. The molecule has 5 heterocycles. The fraction of sp³-hybridized carbons (Fsp3) is 0.364. The van der Waals surface area contributed by atoms with Gasteiger partial charge in [-0.2, -0.15) is 4.52 Å². The van der Waals surface area contributed by atoms with E-state index in [0.717, 1.165) is 71.6 Å². The third-order valence-electron chi connectivity index (χ3n) is 5.58. The van der Waals surface area contributed by atoms with Gasteiger partial charge in [0.15, 0.2) is 11.3 Å². The third-order valence-corrected chi connectivity index (χ3v) is 5.58. The molecule has 1 aliphatic heterocycles. The molecule has 1 saturated heterocycles. The van der Waals surface area contributed by atoms with Crippen LogP contribution in [0.25, 0.3) is 16.7 Å². The highest BCUT2D eigenvalue weighted by Gasteiger charge is 2.22. The maximum absolute atomic E-state index is 4.82. The standard InChI is InChI=1S/C22H25N7/c1-14-12-16(3)24-21-20(14)22-25-17(4)13-19(29(22)26-21)28-10-8-27(9-11-28)18-7-5-6-15(2)23-18/h5-7,12-13H,8-11H2,1-4H3. The Balaban J connectivity index is 1.52. The minimum Gasteiger partial charge on any atom is -0.353 e. The number of rotatable bonds is 2. The van der Waals surface area contributed by atoms with Gasteiger partial charge in [0.2, 0.25) is 0 Å². The van der Waals surface area contributed by atoms with Crippen molar-refractivity contribution in [2.45, 2.75) is 27.7 Å². The van der Waals surface area contributed by atoms with Crippen LogP contribution in [0.4, 0.5) is 11.6 Å². The Morgan fingerprint density at radius 2 is 1.48 bits per heavy atom. The molecule has 0 aromatic carbocycles. The average molecular weight is 387 g/mol. The second kappa shape index (κ2) is 6.69. The van der Waals surface area contributed by atoms with Crippen LogP contribution < -0.4 is 9.80 Å². The van der Waals surface area contributed by atoms with Crippen LogP contribution in [0.3, 0.4) is 0 Å². The third kappa shape index (κ3) is 3.06. The number of aromatic nitrogens is 5. The molecule has 1 aliphatic rings. The predicted molar refractivity (Wildman–Crippen MR) is 116 cm³/mol. The number of nitrogens with zero attached hydrogens (tertiary/aromatic N) is 7. The van der Waals surface area contributed by atoms with E-state index in [1.54, 1.807) is 0 Å². The van der Waals surface area contributed by atoms with Gasteiger partial charge in [0.1, 0.15) is 11.6 Å². The lowest BCUT2D eigenvalue weighted by molar-refractivity contribution is 0.633. The first-order chi connectivity index (χ1) is 14.0. The Morgan fingerprint density at radius 1 is 0.759 bits per heavy atom. The topological polar surface area (TPSA) is 62.5 Å². The zero-order valence-electron chi connectivity index (χ0n) is 17.3. The summed E-state index contributed by atoms with van der Waals surface area (Å²) in [5, 5.41) is 5.86. The van der Waals surface area contributed by atoms with Crippen molar-refractivity contribution >= 4 is 28.3 Å². The average Bonchev–Trinajstić information content (AvgIpc) is 3.05. The van der Waals surface area contributed by atoms with Crippen molar-refractivity contribution in [3.63, 3.8) is 0 Å². The molecule has 7 heteroatoms. The monoisotopic (exact) mass is 387 g/mol. The molecule has 0 amide bonds. The Kier molecular flexibility index (Phi) is 4.12. The van der Waals surface area contributed by atoms with Crippen molar-refractivity contribution in [3.8, 4) is 0 Å². The fourth-order valence-corrected chi connectivity index (χ4v) is 4.22. The predicted octanol–water partition coefficient (Wildman–Crippen LogP) is 3.23. The quantitative estimate of drug-likeness (QED) is 0.526. The number of hydrogen-bond donors (Lipinski definition) is 0. The molecule has 0 atom stereocenters. The molecule has 0 unspecified atom stereocenters. The van der Waals surface area contributed by atoms with Crippen LogP contribution in [0, 0.1) is 27.7 Å². The maximum Gasteiger partial charge on any atom is 0.184 e. The summed E-state index contributed by atoms with van der Waals surface area (Å²) < 4.78 is 1.97. The molecule has 148 valence electrons. The highest BCUT2D eigenvalue weighted by Crippen LogP contribution is 2.27. The molecule has 0 radical (unpaired) electrons. The Bertz CT molecular complexity index is 1220. The summed E-state index contributed by atoms with van der Waals surface area (Å²) in [5.41, 5.74) is 5.86. The van der Waals surface area contributed by atoms with Crippen LogP contribution in [0.1, 0.15) is 22.6 Å². The summed E-state index contributed by atoms with van der Waals surface area (Å²) >= 11 is 0. The van der Waals surface area contributed by atoms with Crippen molar-refractivity contribution in [2.75, 3.05) is 36.0 Å². The molecule has 0 bridgehead atoms. The summed E-state index contributed by atoms with van der Waals surface area (Å²) in [5.74, 6) is 2.14. The molecule has 0 N–H and O–H groups in total. The number of aryl methyl sites for hydroxylation is 4. The Morgan fingerprint density at radius 3 is 2.24 bits per heavy atom. The molecule has 0 saturated carbocycles. The van der Waals surface area contributed by atoms with E-state index < -0.39 is 0 Å². The van der Waals surface area contributed by atoms with Gasteiger partial charge in [-0.15, -0.1) is 5.10 Å². The highest BCUT2D eigenvalue weighted by molar-refractivity contribution is 5.93. The first kappa shape index (κ1) is 17.8. The van der Waals surface area contributed by atoms with Gasteiger partial charge in [0, 0.05) is 49.3 Å². The lowest BCUT2D eigenvalue weighted by Crippen LogP contribution is -2.47. The van der Waals surface area contributed by atoms with E-state index in [1.165, 1.54) is 5.56 Å². The van der Waals surface area contributed by atoms with E-state index in [2.05, 4.69) is 51.0 Å². The number of anilines is 2. The van der Waals surface area contributed by atoms with E-state index in [9.17, 15) is 0 Å². The van der Waals surface area contributed by atoms with Crippen molar-refractivity contribution in [3.05, 3.63) is 53.0 Å². The normalized spacial score (nSPS) is 14.9. The van der Waals surface area contributed by atoms with Crippen LogP contribution in [0.15, 0.2) is 30.3 Å². The molecule has 4 aromatic rings. The molecular formula is C22H25N7. The van der Waals surface area contributed by atoms with E-state index in [4.69, 9.17) is 10.1 Å².